The van der Waals surface area contributed by atoms with Crippen LogP contribution in [0.5, 0.6) is 5.75 Å². The van der Waals surface area contributed by atoms with Gasteiger partial charge in [-0.2, -0.15) is 0 Å². The fourth-order valence-electron chi connectivity index (χ4n) is 2.00. The predicted molar refractivity (Wildman–Crippen MR) is 64.8 cm³/mol. The van der Waals surface area contributed by atoms with Crippen LogP contribution >= 0.6 is 0 Å². The van der Waals surface area contributed by atoms with Gasteiger partial charge in [-0.1, -0.05) is 26.8 Å². The maximum atomic E-state index is 9.94. The summed E-state index contributed by atoms with van der Waals surface area (Å²) in [6, 6.07) is 6.20. The molecule has 2 nitrogen and oxygen atoms in total. The van der Waals surface area contributed by atoms with Gasteiger partial charge in [-0.05, 0) is 29.5 Å². The van der Waals surface area contributed by atoms with Gasteiger partial charge in [-0.15, -0.1) is 0 Å². The summed E-state index contributed by atoms with van der Waals surface area (Å²) in [5.74, 6) is 0.842. The molecule has 1 aromatic rings. The summed E-state index contributed by atoms with van der Waals surface area (Å²) in [6.45, 7) is 7.26. The van der Waals surface area contributed by atoms with Crippen molar-refractivity contribution in [2.24, 2.45) is 0 Å². The molecule has 1 aromatic carbocycles. The number of aliphatic hydroxyl groups excluding tert-OH is 1. The van der Waals surface area contributed by atoms with Crippen molar-refractivity contribution in [1.29, 1.82) is 0 Å². The van der Waals surface area contributed by atoms with Gasteiger partial charge in [0.2, 0.25) is 0 Å². The summed E-state index contributed by atoms with van der Waals surface area (Å²) < 4.78 is 5.54. The quantitative estimate of drug-likeness (QED) is 0.829. The largest absolute Gasteiger partial charge is 0.493 e. The Kier molecular flexibility index (Phi) is 2.94. The number of ether oxygens (including phenoxy) is 1. The third-order valence-corrected chi connectivity index (χ3v) is 3.68. The zero-order chi connectivity index (χ0) is 11.8. The van der Waals surface area contributed by atoms with Crippen LogP contribution < -0.4 is 4.74 Å². The number of hydrogen-bond acceptors (Lipinski definition) is 2. The van der Waals surface area contributed by atoms with Crippen molar-refractivity contribution in [2.45, 2.75) is 45.1 Å². The Morgan fingerprint density at radius 3 is 2.88 bits per heavy atom. The van der Waals surface area contributed by atoms with Crippen LogP contribution in [0.2, 0.25) is 0 Å². The maximum Gasteiger partial charge on any atom is 0.125 e. The van der Waals surface area contributed by atoms with Crippen molar-refractivity contribution in [2.75, 3.05) is 6.61 Å². The van der Waals surface area contributed by atoms with E-state index in [-0.39, 0.29) is 11.5 Å². The molecular formula is C14H20O2. The van der Waals surface area contributed by atoms with E-state index in [1.54, 1.807) is 0 Å². The van der Waals surface area contributed by atoms with E-state index in [4.69, 9.17) is 4.74 Å². The Bertz CT molecular complexity index is 382. The third kappa shape index (κ3) is 1.94. The lowest BCUT2D eigenvalue weighted by atomic mass is 9.81. The second kappa shape index (κ2) is 4.10. The molecule has 0 fully saturated rings. The number of hydrogen-bond donors (Lipinski definition) is 1. The molecule has 2 rings (SSSR count). The molecule has 0 radical (unpaired) electrons. The Morgan fingerprint density at radius 2 is 2.19 bits per heavy atom. The van der Waals surface area contributed by atoms with E-state index in [0.717, 1.165) is 17.7 Å². The van der Waals surface area contributed by atoms with Crippen molar-refractivity contribution in [3.05, 3.63) is 29.3 Å². The van der Waals surface area contributed by atoms with Crippen LogP contribution in [-0.4, -0.2) is 11.7 Å². The zero-order valence-corrected chi connectivity index (χ0v) is 10.3. The molecule has 16 heavy (non-hydrogen) atoms. The molecule has 88 valence electrons. The first kappa shape index (κ1) is 11.5. The van der Waals surface area contributed by atoms with Gasteiger partial charge in [-0.3, -0.25) is 0 Å². The van der Waals surface area contributed by atoms with Crippen molar-refractivity contribution in [1.82, 2.24) is 0 Å². The molecule has 0 saturated heterocycles. The molecule has 1 aliphatic rings. The highest BCUT2D eigenvalue weighted by Crippen LogP contribution is 2.36. The van der Waals surface area contributed by atoms with E-state index in [0.29, 0.717) is 13.0 Å². The molecule has 0 amide bonds. The SMILES string of the molecule is CCC(C)(C)c1ccc2c(c1)[C@@H](O)CCO2. The van der Waals surface area contributed by atoms with E-state index >= 15 is 0 Å². The lowest BCUT2D eigenvalue weighted by molar-refractivity contribution is 0.115. The van der Waals surface area contributed by atoms with Gasteiger partial charge in [0.1, 0.15) is 5.75 Å². The van der Waals surface area contributed by atoms with Gasteiger partial charge in [0.05, 0.1) is 12.7 Å². The molecule has 2 heteroatoms. The van der Waals surface area contributed by atoms with E-state index in [2.05, 4.69) is 32.9 Å². The fraction of sp³-hybridized carbons (Fsp3) is 0.571. The predicted octanol–water partition coefficient (Wildman–Crippen LogP) is 3.19. The topological polar surface area (TPSA) is 29.5 Å². The third-order valence-electron chi connectivity index (χ3n) is 3.68. The molecule has 0 bridgehead atoms. The van der Waals surface area contributed by atoms with E-state index in [1.807, 2.05) is 6.07 Å². The van der Waals surface area contributed by atoms with Gasteiger partial charge in [0.25, 0.3) is 0 Å². The van der Waals surface area contributed by atoms with Crippen LogP contribution in [-0.2, 0) is 5.41 Å². The van der Waals surface area contributed by atoms with Gasteiger partial charge >= 0.3 is 0 Å². The van der Waals surface area contributed by atoms with E-state index in [1.165, 1.54) is 5.56 Å². The smallest absolute Gasteiger partial charge is 0.125 e. The first-order valence-corrected chi connectivity index (χ1v) is 6.00. The van der Waals surface area contributed by atoms with Crippen molar-refractivity contribution < 1.29 is 9.84 Å². The van der Waals surface area contributed by atoms with Crippen LogP contribution in [0.4, 0.5) is 0 Å². The van der Waals surface area contributed by atoms with Crippen molar-refractivity contribution in [3.8, 4) is 5.75 Å². The molecule has 0 aromatic heterocycles. The normalized spacial score (nSPS) is 20.1. The molecule has 0 saturated carbocycles. The van der Waals surface area contributed by atoms with Crippen LogP contribution in [0.25, 0.3) is 0 Å². The number of fused-ring (bicyclic) bond motifs is 1. The minimum atomic E-state index is -0.364. The summed E-state index contributed by atoms with van der Waals surface area (Å²) in [5, 5.41) is 9.94. The Labute approximate surface area is 97.3 Å². The fourth-order valence-corrected chi connectivity index (χ4v) is 2.00. The molecule has 0 unspecified atom stereocenters. The summed E-state index contributed by atoms with van der Waals surface area (Å²) in [5.41, 5.74) is 2.38. The standard InChI is InChI=1S/C14H20O2/c1-4-14(2,3)10-5-6-13-11(9-10)12(15)7-8-16-13/h5-6,9,12,15H,4,7-8H2,1-3H3/t12-/m0/s1. The molecule has 1 heterocycles. The summed E-state index contributed by atoms with van der Waals surface area (Å²) in [6.07, 6.45) is 1.42. The molecule has 1 atom stereocenters. The van der Waals surface area contributed by atoms with E-state index < -0.39 is 0 Å². The van der Waals surface area contributed by atoms with Crippen LogP contribution in [0.3, 0.4) is 0 Å². The number of rotatable bonds is 2. The minimum absolute atomic E-state index is 0.159. The molecule has 0 spiro atoms. The number of benzene rings is 1. The molecule has 0 aliphatic carbocycles. The highest BCUT2D eigenvalue weighted by atomic mass is 16.5. The second-order valence-corrected chi connectivity index (χ2v) is 5.14. The van der Waals surface area contributed by atoms with Crippen LogP contribution in [0.1, 0.15) is 50.8 Å². The van der Waals surface area contributed by atoms with E-state index in [9.17, 15) is 5.11 Å². The monoisotopic (exact) mass is 220 g/mol. The summed E-state index contributed by atoms with van der Waals surface area (Å²) in [7, 11) is 0. The van der Waals surface area contributed by atoms with Gasteiger partial charge in [0, 0.05) is 12.0 Å². The van der Waals surface area contributed by atoms with Crippen molar-refractivity contribution >= 4 is 0 Å². The van der Waals surface area contributed by atoms with Gasteiger partial charge in [-0.25, -0.2) is 0 Å². The molecule has 1 aliphatic heterocycles. The minimum Gasteiger partial charge on any atom is -0.493 e. The second-order valence-electron chi connectivity index (χ2n) is 5.14. The average molecular weight is 220 g/mol. The summed E-state index contributed by atoms with van der Waals surface area (Å²) >= 11 is 0. The zero-order valence-electron chi connectivity index (χ0n) is 10.3. The van der Waals surface area contributed by atoms with Gasteiger partial charge in [0.15, 0.2) is 0 Å². The van der Waals surface area contributed by atoms with Gasteiger partial charge < -0.3 is 9.84 Å². The molecule has 1 N–H and O–H groups in total. The highest BCUT2D eigenvalue weighted by molar-refractivity contribution is 5.42. The van der Waals surface area contributed by atoms with Crippen molar-refractivity contribution in [3.63, 3.8) is 0 Å². The van der Waals surface area contributed by atoms with Crippen LogP contribution in [0.15, 0.2) is 18.2 Å². The first-order valence-electron chi connectivity index (χ1n) is 6.00. The summed E-state index contributed by atoms with van der Waals surface area (Å²) in [4.78, 5) is 0. The Hall–Kier alpha value is -1.02. The lowest BCUT2D eigenvalue weighted by Crippen LogP contribution is -2.19. The average Bonchev–Trinajstić information content (AvgIpc) is 2.29. The first-order chi connectivity index (χ1) is 7.54. The Morgan fingerprint density at radius 1 is 1.44 bits per heavy atom. The number of aliphatic hydroxyl groups is 1. The lowest BCUT2D eigenvalue weighted by Gasteiger charge is -2.28. The maximum absolute atomic E-state index is 9.94. The molecular weight excluding hydrogens is 200 g/mol. The Balaban J connectivity index is 2.41. The highest BCUT2D eigenvalue weighted by Gasteiger charge is 2.24. The van der Waals surface area contributed by atoms with Crippen LogP contribution in [0, 0.1) is 0 Å².